The van der Waals surface area contributed by atoms with E-state index in [1.54, 1.807) is 0 Å². The summed E-state index contributed by atoms with van der Waals surface area (Å²) < 4.78 is 0. The third-order valence-electron chi connectivity index (χ3n) is 5.82. The Hall–Kier alpha value is -1.94. The molecular weight excluding hydrogens is 348 g/mol. The van der Waals surface area contributed by atoms with Gasteiger partial charge in [-0.1, -0.05) is 83.9 Å². The summed E-state index contributed by atoms with van der Waals surface area (Å²) in [6, 6.07) is 19.6. The van der Waals surface area contributed by atoms with Gasteiger partial charge in [-0.15, -0.1) is 0 Å². The van der Waals surface area contributed by atoms with Gasteiger partial charge in [0.1, 0.15) is 0 Å². The molecule has 2 aromatic rings. The number of hydrogen-bond acceptors (Lipinski definition) is 2. The number of rotatable bonds is 8. The van der Waals surface area contributed by atoms with Gasteiger partial charge in [-0.05, 0) is 35.1 Å². The van der Waals surface area contributed by atoms with Crippen molar-refractivity contribution >= 4 is 21.7 Å². The van der Waals surface area contributed by atoms with Gasteiger partial charge in [0.15, 0.2) is 0 Å². The minimum Gasteiger partial charge on any atom is -0.396 e. The van der Waals surface area contributed by atoms with E-state index in [0.29, 0.717) is 11.8 Å². The molecular formula is C24H26O2Si. The van der Waals surface area contributed by atoms with Crippen LogP contribution in [0.15, 0.2) is 59.7 Å². The first-order valence-corrected chi connectivity index (χ1v) is 11.2. The van der Waals surface area contributed by atoms with E-state index >= 15 is 0 Å². The minimum atomic E-state index is 0.221. The highest BCUT2D eigenvalue weighted by Gasteiger charge is 2.27. The van der Waals surface area contributed by atoms with E-state index in [4.69, 9.17) is 0 Å². The normalized spacial score (nSPS) is 20.2. The topological polar surface area (TPSA) is 40.5 Å². The largest absolute Gasteiger partial charge is 0.396 e. The third kappa shape index (κ3) is 3.72. The average Bonchev–Trinajstić information content (AvgIpc) is 3.21. The van der Waals surface area contributed by atoms with Crippen LogP contribution in [0.25, 0.3) is 12.2 Å². The first-order valence-electron chi connectivity index (χ1n) is 9.83. The molecule has 2 nitrogen and oxygen atoms in total. The van der Waals surface area contributed by atoms with Crippen molar-refractivity contribution in [3.8, 4) is 0 Å². The molecule has 0 heterocycles. The van der Waals surface area contributed by atoms with Crippen molar-refractivity contribution < 1.29 is 10.2 Å². The van der Waals surface area contributed by atoms with Gasteiger partial charge in [-0.25, -0.2) is 0 Å². The Morgan fingerprint density at radius 2 is 1.11 bits per heavy atom. The molecule has 3 heteroatoms. The van der Waals surface area contributed by atoms with Crippen molar-refractivity contribution in [3.63, 3.8) is 0 Å². The second kappa shape index (κ2) is 8.38. The quantitative estimate of drug-likeness (QED) is 0.660. The van der Waals surface area contributed by atoms with E-state index in [2.05, 4.69) is 60.7 Å². The van der Waals surface area contributed by atoms with Gasteiger partial charge >= 0.3 is 0 Å². The molecule has 0 fully saturated rings. The molecule has 2 unspecified atom stereocenters. The van der Waals surface area contributed by atoms with Crippen LogP contribution in [0.1, 0.15) is 46.9 Å². The Kier molecular flexibility index (Phi) is 5.72. The van der Waals surface area contributed by atoms with Crippen LogP contribution in [-0.2, 0) is 0 Å². The summed E-state index contributed by atoms with van der Waals surface area (Å²) in [5, 5.41) is 18.9. The van der Waals surface area contributed by atoms with E-state index in [1.807, 2.05) is 0 Å². The number of aliphatic hydroxyl groups excluding tert-OH is 2. The summed E-state index contributed by atoms with van der Waals surface area (Å²) in [5.74, 6) is 0.905. The zero-order valence-corrected chi connectivity index (χ0v) is 16.6. The first-order chi connectivity index (χ1) is 13.3. The molecule has 0 aromatic heterocycles. The van der Waals surface area contributed by atoms with Crippen molar-refractivity contribution in [2.24, 2.45) is 0 Å². The summed E-state index contributed by atoms with van der Waals surface area (Å²) in [6.07, 6.45) is 6.10. The Bertz CT molecular complexity index is 797. The second-order valence-electron chi connectivity index (χ2n) is 7.41. The summed E-state index contributed by atoms with van der Waals surface area (Å²) >= 11 is 0. The lowest BCUT2D eigenvalue weighted by atomic mass is 9.96. The van der Waals surface area contributed by atoms with Crippen LogP contribution in [0.5, 0.6) is 0 Å². The maximum atomic E-state index is 9.45. The summed E-state index contributed by atoms with van der Waals surface area (Å²) in [5.41, 5.74) is 8.25. The fraction of sp³-hybridized carbons (Fsp3) is 0.333. The number of hydrogen-bond donors (Lipinski definition) is 2. The Morgan fingerprint density at radius 1 is 0.667 bits per heavy atom. The SMILES string of the molecule is OCCC1=Cc2ccccc2C1C[Si]CC1C(CCO)=Cc2ccccc21. The Labute approximate surface area is 164 Å². The van der Waals surface area contributed by atoms with Crippen LogP contribution >= 0.6 is 0 Å². The van der Waals surface area contributed by atoms with Gasteiger partial charge in [-0.3, -0.25) is 0 Å². The van der Waals surface area contributed by atoms with Gasteiger partial charge < -0.3 is 10.2 Å². The molecule has 0 spiro atoms. The fourth-order valence-electron chi connectivity index (χ4n) is 4.52. The van der Waals surface area contributed by atoms with Crippen molar-refractivity contribution in [2.75, 3.05) is 13.2 Å². The number of aliphatic hydroxyl groups is 2. The maximum Gasteiger partial charge on any atom is 0.0468 e. The molecule has 27 heavy (non-hydrogen) atoms. The van der Waals surface area contributed by atoms with E-state index in [1.165, 1.54) is 33.4 Å². The number of benzene rings is 2. The Morgan fingerprint density at radius 3 is 1.56 bits per heavy atom. The smallest absolute Gasteiger partial charge is 0.0468 e. The van der Waals surface area contributed by atoms with Gasteiger partial charge in [-0.2, -0.15) is 0 Å². The average molecular weight is 375 g/mol. The molecule has 2 atom stereocenters. The third-order valence-corrected chi connectivity index (χ3v) is 7.21. The monoisotopic (exact) mass is 374 g/mol. The van der Waals surface area contributed by atoms with Crippen LogP contribution in [-0.4, -0.2) is 32.9 Å². The van der Waals surface area contributed by atoms with E-state index in [-0.39, 0.29) is 13.2 Å². The maximum absolute atomic E-state index is 9.45. The predicted octanol–water partition coefficient (Wildman–Crippen LogP) is 4.65. The van der Waals surface area contributed by atoms with E-state index in [0.717, 1.165) is 34.4 Å². The zero-order valence-electron chi connectivity index (χ0n) is 15.6. The predicted molar refractivity (Wildman–Crippen MR) is 113 cm³/mol. The highest BCUT2D eigenvalue weighted by atomic mass is 28.2. The first kappa shape index (κ1) is 18.4. The van der Waals surface area contributed by atoms with Crippen LogP contribution in [0, 0.1) is 0 Å². The van der Waals surface area contributed by atoms with Crippen LogP contribution in [0.4, 0.5) is 0 Å². The molecule has 2 aliphatic carbocycles. The lowest BCUT2D eigenvalue weighted by molar-refractivity contribution is 0.297. The van der Waals surface area contributed by atoms with Crippen molar-refractivity contribution in [2.45, 2.75) is 36.8 Å². The molecule has 2 aromatic carbocycles. The molecule has 0 saturated carbocycles. The number of fused-ring (bicyclic) bond motifs is 2. The standard InChI is InChI=1S/C24H26O2Si/c25-11-9-19-13-17-5-1-3-7-21(17)23(19)15-27-16-24-20(10-12-26)14-18-6-2-4-8-22(18)24/h1-8,13-14,23-26H,9-12,15-16H2. The summed E-state index contributed by atoms with van der Waals surface area (Å²) in [4.78, 5) is 0. The van der Waals surface area contributed by atoms with Crippen LogP contribution in [0.2, 0.25) is 12.1 Å². The van der Waals surface area contributed by atoms with Crippen molar-refractivity contribution in [1.82, 2.24) is 0 Å². The van der Waals surface area contributed by atoms with Crippen LogP contribution < -0.4 is 0 Å². The summed E-state index contributed by atoms with van der Waals surface area (Å²) in [6.45, 7) is 0.442. The van der Waals surface area contributed by atoms with E-state index in [9.17, 15) is 10.2 Å². The second-order valence-corrected chi connectivity index (χ2v) is 8.72. The van der Waals surface area contributed by atoms with Gasteiger partial charge in [0.25, 0.3) is 0 Å². The molecule has 0 saturated heterocycles. The van der Waals surface area contributed by atoms with Gasteiger partial charge in [0, 0.05) is 34.6 Å². The zero-order chi connectivity index (χ0) is 18.6. The van der Waals surface area contributed by atoms with Gasteiger partial charge in [0.2, 0.25) is 0 Å². The molecule has 4 rings (SSSR count). The van der Waals surface area contributed by atoms with E-state index < -0.39 is 0 Å². The minimum absolute atomic E-state index is 0.221. The molecule has 0 aliphatic heterocycles. The lowest BCUT2D eigenvalue weighted by Gasteiger charge is -2.19. The van der Waals surface area contributed by atoms with Crippen molar-refractivity contribution in [1.29, 1.82) is 0 Å². The molecule has 138 valence electrons. The fourth-order valence-corrected chi connectivity index (χ4v) is 6.23. The molecule has 2 radical (unpaired) electrons. The van der Waals surface area contributed by atoms with Gasteiger partial charge in [0.05, 0.1) is 0 Å². The molecule has 0 bridgehead atoms. The lowest BCUT2D eigenvalue weighted by Crippen LogP contribution is -2.09. The molecule has 0 amide bonds. The summed E-state index contributed by atoms with van der Waals surface area (Å²) in [7, 11) is 0.860. The highest BCUT2D eigenvalue weighted by Crippen LogP contribution is 2.43. The Balaban J connectivity index is 1.46. The molecule has 2 N–H and O–H groups in total. The highest BCUT2D eigenvalue weighted by molar-refractivity contribution is 6.36. The van der Waals surface area contributed by atoms with Crippen molar-refractivity contribution in [3.05, 3.63) is 81.9 Å². The van der Waals surface area contributed by atoms with Crippen LogP contribution in [0.3, 0.4) is 0 Å². The molecule has 2 aliphatic rings.